The summed E-state index contributed by atoms with van der Waals surface area (Å²) in [7, 11) is -3.80. The average Bonchev–Trinajstić information content (AvgIpc) is 2.72. The first-order valence-electron chi connectivity index (χ1n) is 6.39. The zero-order valence-corrected chi connectivity index (χ0v) is 11.4. The molecule has 0 saturated heterocycles. The van der Waals surface area contributed by atoms with Gasteiger partial charge in [-0.1, -0.05) is 6.42 Å². The van der Waals surface area contributed by atoms with Crippen LogP contribution in [0.3, 0.4) is 0 Å². The molecule has 0 aromatic carbocycles. The summed E-state index contributed by atoms with van der Waals surface area (Å²) in [5, 5.41) is 13.0. The smallest absolute Gasteiger partial charge is 0.273 e. The molecule has 2 aliphatic carbocycles. The topological polar surface area (TPSA) is 90.9 Å². The summed E-state index contributed by atoms with van der Waals surface area (Å²) in [5.41, 5.74) is 0. The summed E-state index contributed by atoms with van der Waals surface area (Å²) in [5.74, 6) is 2.56. The monoisotopic (exact) mass is 270 g/mol. The average molecular weight is 270 g/mol. The van der Waals surface area contributed by atoms with E-state index in [0.717, 1.165) is 5.82 Å². The van der Waals surface area contributed by atoms with Gasteiger partial charge in [0.05, 0.1) is 0 Å². The molecular formula is C11H18N4O2S. The molecule has 0 amide bonds. The third-order valence-corrected chi connectivity index (χ3v) is 4.95. The van der Waals surface area contributed by atoms with Crippen LogP contribution >= 0.6 is 0 Å². The number of rotatable bonds is 3. The molecule has 1 aromatic rings. The number of hydrogen-bond donors (Lipinski definition) is 1. The third kappa shape index (κ3) is 1.68. The standard InChI is InChI=1S/C11H18N4O2S/c1-6(2)15-10(9-7-4-3-5-8(7)9)13-14-11(15)18(12,16)17/h6-9H,3-5H2,1-2H3,(H2,12,16,17). The van der Waals surface area contributed by atoms with E-state index in [4.69, 9.17) is 5.14 Å². The molecule has 2 aliphatic rings. The lowest BCUT2D eigenvalue weighted by atomic mass is 10.1. The zero-order valence-electron chi connectivity index (χ0n) is 10.6. The van der Waals surface area contributed by atoms with E-state index >= 15 is 0 Å². The second-order valence-electron chi connectivity index (χ2n) is 5.63. The second-order valence-corrected chi connectivity index (χ2v) is 7.09. The van der Waals surface area contributed by atoms with Crippen molar-refractivity contribution in [1.29, 1.82) is 0 Å². The summed E-state index contributed by atoms with van der Waals surface area (Å²) in [4.78, 5) is 0. The molecule has 2 saturated carbocycles. The Balaban J connectivity index is 2.04. The molecule has 0 radical (unpaired) electrons. The van der Waals surface area contributed by atoms with E-state index < -0.39 is 10.0 Å². The van der Waals surface area contributed by atoms with Crippen molar-refractivity contribution >= 4 is 10.0 Å². The number of nitrogens with two attached hydrogens (primary N) is 1. The number of nitrogens with zero attached hydrogens (tertiary/aromatic N) is 3. The van der Waals surface area contributed by atoms with Crippen LogP contribution in [0.1, 0.15) is 50.9 Å². The van der Waals surface area contributed by atoms with Crippen molar-refractivity contribution in [2.45, 2.75) is 50.2 Å². The first kappa shape index (κ1) is 12.1. The number of fused-ring (bicyclic) bond motifs is 1. The van der Waals surface area contributed by atoms with Crippen LogP contribution in [0.5, 0.6) is 0 Å². The van der Waals surface area contributed by atoms with Gasteiger partial charge in [0, 0.05) is 12.0 Å². The fourth-order valence-corrected chi connectivity index (χ4v) is 4.13. The van der Waals surface area contributed by atoms with Gasteiger partial charge in [0.15, 0.2) is 0 Å². The number of primary sulfonamides is 1. The summed E-state index contributed by atoms with van der Waals surface area (Å²) < 4.78 is 24.7. The Hall–Kier alpha value is -0.950. The Morgan fingerprint density at radius 2 is 1.89 bits per heavy atom. The molecule has 1 aromatic heterocycles. The number of hydrogen-bond acceptors (Lipinski definition) is 4. The van der Waals surface area contributed by atoms with Crippen molar-refractivity contribution in [2.75, 3.05) is 0 Å². The van der Waals surface area contributed by atoms with E-state index in [-0.39, 0.29) is 11.2 Å². The van der Waals surface area contributed by atoms with Crippen molar-refractivity contribution in [3.8, 4) is 0 Å². The maximum Gasteiger partial charge on any atom is 0.273 e. The number of aromatic nitrogens is 3. The summed E-state index contributed by atoms with van der Waals surface area (Å²) >= 11 is 0. The van der Waals surface area contributed by atoms with Crippen LogP contribution in [0.15, 0.2) is 5.16 Å². The van der Waals surface area contributed by atoms with Gasteiger partial charge in [-0.25, -0.2) is 13.6 Å². The predicted octanol–water partition coefficient (Wildman–Crippen LogP) is 1.02. The maximum absolute atomic E-state index is 11.5. The van der Waals surface area contributed by atoms with Crippen molar-refractivity contribution in [3.63, 3.8) is 0 Å². The van der Waals surface area contributed by atoms with Gasteiger partial charge in [0.2, 0.25) is 0 Å². The van der Waals surface area contributed by atoms with Gasteiger partial charge in [-0.2, -0.15) is 0 Å². The molecule has 18 heavy (non-hydrogen) atoms. The fourth-order valence-electron chi connectivity index (χ4n) is 3.40. The predicted molar refractivity (Wildman–Crippen MR) is 65.4 cm³/mol. The normalized spacial score (nSPS) is 30.8. The maximum atomic E-state index is 11.5. The molecule has 100 valence electrons. The van der Waals surface area contributed by atoms with E-state index in [1.807, 2.05) is 13.8 Å². The summed E-state index contributed by atoms with van der Waals surface area (Å²) in [6, 6.07) is 0.00431. The number of sulfonamides is 1. The molecule has 6 nitrogen and oxygen atoms in total. The summed E-state index contributed by atoms with van der Waals surface area (Å²) in [6.45, 7) is 3.86. The van der Waals surface area contributed by atoms with E-state index in [9.17, 15) is 8.42 Å². The molecular weight excluding hydrogens is 252 g/mol. The minimum atomic E-state index is -3.80. The quantitative estimate of drug-likeness (QED) is 0.887. The van der Waals surface area contributed by atoms with Gasteiger partial charge in [-0.3, -0.25) is 4.57 Å². The largest absolute Gasteiger partial charge is 0.298 e. The molecule has 0 aliphatic heterocycles. The first-order valence-corrected chi connectivity index (χ1v) is 7.93. The lowest BCUT2D eigenvalue weighted by Gasteiger charge is -2.13. The van der Waals surface area contributed by atoms with Gasteiger partial charge >= 0.3 is 0 Å². The Morgan fingerprint density at radius 3 is 2.39 bits per heavy atom. The SMILES string of the molecule is CC(C)n1c(C2C3CCCC32)nnc1S(N)(=O)=O. The third-order valence-electron chi connectivity index (χ3n) is 4.17. The minimum Gasteiger partial charge on any atom is -0.298 e. The van der Waals surface area contributed by atoms with Crippen LogP contribution in [0.4, 0.5) is 0 Å². The van der Waals surface area contributed by atoms with Gasteiger partial charge in [0.25, 0.3) is 15.2 Å². The van der Waals surface area contributed by atoms with Gasteiger partial charge < -0.3 is 0 Å². The molecule has 2 unspecified atom stereocenters. The van der Waals surface area contributed by atoms with E-state index in [0.29, 0.717) is 17.8 Å². The van der Waals surface area contributed by atoms with Crippen molar-refractivity contribution < 1.29 is 8.42 Å². The highest BCUT2D eigenvalue weighted by Gasteiger charge is 2.56. The van der Waals surface area contributed by atoms with E-state index in [2.05, 4.69) is 10.2 Å². The molecule has 2 fully saturated rings. The molecule has 2 N–H and O–H groups in total. The Bertz CT molecular complexity index is 568. The van der Waals surface area contributed by atoms with E-state index in [1.165, 1.54) is 19.3 Å². The van der Waals surface area contributed by atoms with Crippen molar-refractivity contribution in [1.82, 2.24) is 14.8 Å². The first-order chi connectivity index (χ1) is 8.41. The zero-order chi connectivity index (χ0) is 13.1. The van der Waals surface area contributed by atoms with Crippen LogP contribution < -0.4 is 5.14 Å². The molecule has 1 heterocycles. The van der Waals surface area contributed by atoms with Crippen molar-refractivity contribution in [2.24, 2.45) is 17.0 Å². The lowest BCUT2D eigenvalue weighted by molar-refractivity contribution is 0.493. The van der Waals surface area contributed by atoms with Gasteiger partial charge in [-0.05, 0) is 38.5 Å². The van der Waals surface area contributed by atoms with Crippen LogP contribution in [0.2, 0.25) is 0 Å². The van der Waals surface area contributed by atoms with E-state index in [1.54, 1.807) is 4.57 Å². The highest BCUT2D eigenvalue weighted by atomic mass is 32.2. The van der Waals surface area contributed by atoms with Crippen LogP contribution in [0.25, 0.3) is 0 Å². The van der Waals surface area contributed by atoms with Crippen LogP contribution in [0, 0.1) is 11.8 Å². The van der Waals surface area contributed by atoms with Gasteiger partial charge in [-0.15, -0.1) is 10.2 Å². The molecule has 7 heteroatoms. The molecule has 0 spiro atoms. The second kappa shape index (κ2) is 3.77. The fraction of sp³-hybridized carbons (Fsp3) is 0.818. The highest BCUT2D eigenvalue weighted by molar-refractivity contribution is 7.89. The minimum absolute atomic E-state index is 0.00431. The Kier molecular flexibility index (Phi) is 2.54. The summed E-state index contributed by atoms with van der Waals surface area (Å²) in [6.07, 6.45) is 3.74. The van der Waals surface area contributed by atoms with Gasteiger partial charge in [0.1, 0.15) is 5.82 Å². The van der Waals surface area contributed by atoms with Crippen LogP contribution in [-0.2, 0) is 10.0 Å². The lowest BCUT2D eigenvalue weighted by Crippen LogP contribution is -2.20. The Morgan fingerprint density at radius 1 is 1.28 bits per heavy atom. The molecule has 3 rings (SSSR count). The van der Waals surface area contributed by atoms with Crippen LogP contribution in [-0.4, -0.2) is 23.2 Å². The van der Waals surface area contributed by atoms with Crippen molar-refractivity contribution in [3.05, 3.63) is 5.82 Å². The highest BCUT2D eigenvalue weighted by Crippen LogP contribution is 2.62. The molecule has 0 bridgehead atoms. The Labute approximate surface area is 107 Å². The molecule has 2 atom stereocenters.